The Balaban J connectivity index is 0.00000133. The minimum absolute atomic E-state index is 0. The van der Waals surface area contributed by atoms with Crippen molar-refractivity contribution in [1.82, 2.24) is 25.3 Å². The van der Waals surface area contributed by atoms with Crippen LogP contribution < -0.4 is 5.32 Å². The predicted octanol–water partition coefficient (Wildman–Crippen LogP) is 1.37. The summed E-state index contributed by atoms with van der Waals surface area (Å²) < 4.78 is 5.36. The third-order valence-electron chi connectivity index (χ3n) is 3.43. The van der Waals surface area contributed by atoms with Gasteiger partial charge in [0.2, 0.25) is 0 Å². The summed E-state index contributed by atoms with van der Waals surface area (Å²) in [6.07, 6.45) is 3.81. The molecule has 0 aliphatic carbocycles. The van der Waals surface area contributed by atoms with Gasteiger partial charge in [-0.1, -0.05) is 5.16 Å². The van der Waals surface area contributed by atoms with Crippen LogP contribution in [-0.4, -0.2) is 46.7 Å². The van der Waals surface area contributed by atoms with E-state index in [1.165, 1.54) is 0 Å². The van der Waals surface area contributed by atoms with Gasteiger partial charge in [-0.25, -0.2) is 0 Å². The molecule has 104 valence electrons. The molecule has 7 heteroatoms. The summed E-state index contributed by atoms with van der Waals surface area (Å²) >= 11 is 0. The van der Waals surface area contributed by atoms with E-state index in [4.69, 9.17) is 4.52 Å². The van der Waals surface area contributed by atoms with Crippen LogP contribution in [0.2, 0.25) is 0 Å². The van der Waals surface area contributed by atoms with Gasteiger partial charge >= 0.3 is 0 Å². The molecule has 1 fully saturated rings. The number of aromatic nitrogens is 3. The highest BCUT2D eigenvalue weighted by atomic mass is 35.5. The van der Waals surface area contributed by atoms with Crippen LogP contribution in [0.4, 0.5) is 0 Å². The normalized spacial score (nSPS) is 20.2. The van der Waals surface area contributed by atoms with Crippen molar-refractivity contribution in [2.45, 2.75) is 13.0 Å². The van der Waals surface area contributed by atoms with Crippen LogP contribution in [0.25, 0.3) is 11.5 Å². The maximum atomic E-state index is 5.36. The van der Waals surface area contributed by atoms with Crippen molar-refractivity contribution in [2.75, 3.05) is 26.7 Å². The molecule has 0 bridgehead atoms. The average molecular weight is 284 g/mol. The van der Waals surface area contributed by atoms with Crippen molar-refractivity contribution >= 4 is 12.4 Å². The third kappa shape index (κ3) is 2.65. The van der Waals surface area contributed by atoms with E-state index in [1.807, 2.05) is 19.3 Å². The molecular formula is C12H18ClN5O. The average Bonchev–Trinajstić information content (AvgIpc) is 2.98. The van der Waals surface area contributed by atoms with E-state index < -0.39 is 0 Å². The minimum atomic E-state index is 0. The molecule has 2 N–H and O–H groups in total. The van der Waals surface area contributed by atoms with Crippen molar-refractivity contribution in [2.24, 2.45) is 0 Å². The monoisotopic (exact) mass is 283 g/mol. The number of aryl methyl sites for hydroxylation is 1. The fourth-order valence-corrected chi connectivity index (χ4v) is 2.25. The summed E-state index contributed by atoms with van der Waals surface area (Å²) in [5.74, 6) is 1.34. The van der Waals surface area contributed by atoms with Gasteiger partial charge in [0, 0.05) is 32.0 Å². The highest BCUT2D eigenvalue weighted by Crippen LogP contribution is 2.24. The van der Waals surface area contributed by atoms with Crippen molar-refractivity contribution in [1.29, 1.82) is 0 Å². The molecule has 0 saturated carbocycles. The number of nitrogens with one attached hydrogen (secondary N) is 2. The Morgan fingerprint density at radius 2 is 2.26 bits per heavy atom. The standard InChI is InChI=1S/C12H17N5O.ClH/c1-8-5-14-6-9(8)12-15-11(16-18-12)10-7-13-3-4-17(10)2;/h5-6,10,13-14H,3-4,7H2,1-2H3;1H. The number of rotatable bonds is 2. The molecule has 0 aromatic carbocycles. The lowest BCUT2D eigenvalue weighted by atomic mass is 10.2. The number of hydrogen-bond acceptors (Lipinski definition) is 5. The van der Waals surface area contributed by atoms with Gasteiger partial charge in [-0.05, 0) is 19.5 Å². The van der Waals surface area contributed by atoms with Crippen LogP contribution in [0, 0.1) is 6.92 Å². The van der Waals surface area contributed by atoms with Gasteiger partial charge in [-0.15, -0.1) is 12.4 Å². The van der Waals surface area contributed by atoms with E-state index in [0.717, 1.165) is 36.6 Å². The topological polar surface area (TPSA) is 70.0 Å². The van der Waals surface area contributed by atoms with Gasteiger partial charge < -0.3 is 14.8 Å². The Hall–Kier alpha value is -1.37. The Bertz CT molecular complexity index is 538. The van der Waals surface area contributed by atoms with Gasteiger partial charge in [-0.3, -0.25) is 4.90 Å². The Labute approximate surface area is 118 Å². The summed E-state index contributed by atoms with van der Waals surface area (Å²) in [6.45, 7) is 4.89. The lowest BCUT2D eigenvalue weighted by molar-refractivity contribution is 0.190. The van der Waals surface area contributed by atoms with Crippen LogP contribution in [-0.2, 0) is 0 Å². The number of likely N-dealkylation sites (N-methyl/N-ethyl adjacent to an activating group) is 1. The second kappa shape index (κ2) is 5.73. The highest BCUT2D eigenvalue weighted by molar-refractivity contribution is 5.85. The number of hydrogen-bond donors (Lipinski definition) is 2. The van der Waals surface area contributed by atoms with Crippen LogP contribution >= 0.6 is 12.4 Å². The first-order chi connectivity index (χ1) is 8.75. The predicted molar refractivity (Wildman–Crippen MR) is 74.3 cm³/mol. The molecule has 3 rings (SSSR count). The van der Waals surface area contributed by atoms with Crippen molar-refractivity contribution in [3.05, 3.63) is 23.8 Å². The number of halogens is 1. The largest absolute Gasteiger partial charge is 0.367 e. The minimum Gasteiger partial charge on any atom is -0.367 e. The number of aromatic amines is 1. The van der Waals surface area contributed by atoms with Crippen LogP contribution in [0.15, 0.2) is 16.9 Å². The second-order valence-corrected chi connectivity index (χ2v) is 4.71. The van der Waals surface area contributed by atoms with Crippen molar-refractivity contribution in [3.63, 3.8) is 0 Å². The molecule has 1 atom stereocenters. The molecule has 0 spiro atoms. The van der Waals surface area contributed by atoms with E-state index in [9.17, 15) is 0 Å². The quantitative estimate of drug-likeness (QED) is 0.871. The molecule has 1 aliphatic heterocycles. The molecule has 2 aromatic heterocycles. The zero-order valence-electron chi connectivity index (χ0n) is 11.0. The number of H-pyrrole nitrogens is 1. The Morgan fingerprint density at radius 3 is 2.95 bits per heavy atom. The maximum absolute atomic E-state index is 5.36. The van der Waals surface area contributed by atoms with Crippen LogP contribution in [0.1, 0.15) is 17.4 Å². The zero-order chi connectivity index (χ0) is 12.5. The summed E-state index contributed by atoms with van der Waals surface area (Å²) in [5, 5.41) is 7.46. The van der Waals surface area contributed by atoms with E-state index >= 15 is 0 Å². The number of nitrogens with zero attached hydrogens (tertiary/aromatic N) is 3. The molecule has 1 saturated heterocycles. The van der Waals surface area contributed by atoms with E-state index in [1.54, 1.807) is 0 Å². The van der Waals surface area contributed by atoms with E-state index in [0.29, 0.717) is 5.89 Å². The van der Waals surface area contributed by atoms with Gasteiger partial charge in [0.05, 0.1) is 11.6 Å². The van der Waals surface area contributed by atoms with Crippen molar-refractivity contribution in [3.8, 4) is 11.5 Å². The van der Waals surface area contributed by atoms with Gasteiger partial charge in [0.15, 0.2) is 5.82 Å². The molecule has 0 radical (unpaired) electrons. The first-order valence-electron chi connectivity index (χ1n) is 6.14. The summed E-state index contributed by atoms with van der Waals surface area (Å²) in [5.41, 5.74) is 2.08. The molecule has 2 aromatic rings. The van der Waals surface area contributed by atoms with E-state index in [2.05, 4.69) is 32.4 Å². The molecular weight excluding hydrogens is 266 g/mol. The Kier molecular flexibility index (Phi) is 4.24. The third-order valence-corrected chi connectivity index (χ3v) is 3.43. The Morgan fingerprint density at radius 1 is 1.42 bits per heavy atom. The second-order valence-electron chi connectivity index (χ2n) is 4.71. The number of piperazine rings is 1. The SMILES string of the molecule is Cc1c[nH]cc1-c1nc(C2CNCCN2C)no1.Cl. The maximum Gasteiger partial charge on any atom is 0.259 e. The fourth-order valence-electron chi connectivity index (χ4n) is 2.25. The highest BCUT2D eigenvalue weighted by Gasteiger charge is 2.25. The molecule has 1 aliphatic rings. The van der Waals surface area contributed by atoms with Gasteiger partial charge in [-0.2, -0.15) is 4.98 Å². The molecule has 3 heterocycles. The first-order valence-corrected chi connectivity index (χ1v) is 6.14. The lowest BCUT2D eigenvalue weighted by Crippen LogP contribution is -2.44. The molecule has 0 amide bonds. The zero-order valence-corrected chi connectivity index (χ0v) is 11.8. The summed E-state index contributed by atoms with van der Waals surface area (Å²) in [4.78, 5) is 9.80. The van der Waals surface area contributed by atoms with E-state index in [-0.39, 0.29) is 18.4 Å². The van der Waals surface area contributed by atoms with Crippen LogP contribution in [0.5, 0.6) is 0 Å². The molecule has 6 nitrogen and oxygen atoms in total. The molecule has 1 unspecified atom stereocenters. The fraction of sp³-hybridized carbons (Fsp3) is 0.500. The molecule has 19 heavy (non-hydrogen) atoms. The van der Waals surface area contributed by atoms with Gasteiger partial charge in [0.25, 0.3) is 5.89 Å². The lowest BCUT2D eigenvalue weighted by Gasteiger charge is -2.30. The van der Waals surface area contributed by atoms with Gasteiger partial charge in [0.1, 0.15) is 0 Å². The smallest absolute Gasteiger partial charge is 0.259 e. The first kappa shape index (κ1) is 14.0. The summed E-state index contributed by atoms with van der Waals surface area (Å²) in [7, 11) is 2.09. The van der Waals surface area contributed by atoms with Crippen molar-refractivity contribution < 1.29 is 4.52 Å². The van der Waals surface area contributed by atoms with Crippen LogP contribution in [0.3, 0.4) is 0 Å². The summed E-state index contributed by atoms with van der Waals surface area (Å²) in [6, 6.07) is 0.190.